The first-order valence-corrected chi connectivity index (χ1v) is 11.9. The van der Waals surface area contributed by atoms with E-state index in [0.717, 1.165) is 59.7 Å². The molecule has 1 saturated heterocycles. The minimum absolute atomic E-state index is 0.210. The van der Waals surface area contributed by atoms with Crippen molar-refractivity contribution in [3.63, 3.8) is 0 Å². The molecule has 182 valence electrons. The van der Waals surface area contributed by atoms with Gasteiger partial charge in [0.25, 0.3) is 5.91 Å². The lowest BCUT2D eigenvalue weighted by Crippen LogP contribution is -2.26. The molecule has 1 fully saturated rings. The number of hydrogen-bond acceptors (Lipinski definition) is 4. The van der Waals surface area contributed by atoms with Crippen molar-refractivity contribution >= 4 is 29.0 Å². The second-order valence-corrected chi connectivity index (χ2v) is 8.92. The fourth-order valence-electron chi connectivity index (χ4n) is 4.41. The van der Waals surface area contributed by atoms with Crippen molar-refractivity contribution in [2.45, 2.75) is 33.2 Å². The van der Waals surface area contributed by atoms with Crippen LogP contribution in [0, 0.1) is 13.8 Å². The van der Waals surface area contributed by atoms with E-state index in [4.69, 9.17) is 4.74 Å². The summed E-state index contributed by atoms with van der Waals surface area (Å²) in [5.74, 6) is 0.534. The zero-order valence-corrected chi connectivity index (χ0v) is 20.5. The van der Waals surface area contributed by atoms with E-state index in [9.17, 15) is 9.59 Å². The van der Waals surface area contributed by atoms with Crippen molar-refractivity contribution in [3.05, 3.63) is 82.9 Å². The third-order valence-electron chi connectivity index (χ3n) is 6.02. The Hall–Kier alpha value is -4.00. The number of aryl methyl sites for hydroxylation is 2. The second kappa shape index (κ2) is 11.0. The number of carbonyl (C=O) groups excluding carboxylic acids is 2. The van der Waals surface area contributed by atoms with E-state index in [1.807, 2.05) is 62.4 Å². The second-order valence-electron chi connectivity index (χ2n) is 8.92. The number of ether oxygens (including phenoxy) is 1. The van der Waals surface area contributed by atoms with E-state index in [-0.39, 0.29) is 11.9 Å². The van der Waals surface area contributed by atoms with Crippen LogP contribution in [0.5, 0.6) is 5.75 Å². The lowest BCUT2D eigenvalue weighted by atomic mass is 10.1. The van der Waals surface area contributed by atoms with Gasteiger partial charge in [0, 0.05) is 30.9 Å². The summed E-state index contributed by atoms with van der Waals surface area (Å²) in [4.78, 5) is 28.0. The summed E-state index contributed by atoms with van der Waals surface area (Å²) in [6, 6.07) is 18.6. The predicted molar refractivity (Wildman–Crippen MR) is 141 cm³/mol. The highest BCUT2D eigenvalue weighted by molar-refractivity contribution is 6.04. The molecular formula is C28H32N4O3. The number of hydrogen-bond donors (Lipinski definition) is 3. The van der Waals surface area contributed by atoms with E-state index in [2.05, 4.69) is 26.9 Å². The topological polar surface area (TPSA) is 82.7 Å². The summed E-state index contributed by atoms with van der Waals surface area (Å²) in [7, 11) is 1.62. The molecule has 7 heteroatoms. The molecule has 0 atom stereocenters. The summed E-state index contributed by atoms with van der Waals surface area (Å²) in [6.07, 6.45) is 2.22. The Morgan fingerprint density at radius 2 is 1.66 bits per heavy atom. The number of benzene rings is 3. The van der Waals surface area contributed by atoms with Crippen LogP contribution in [0.15, 0.2) is 60.7 Å². The number of nitrogens with zero attached hydrogens (tertiary/aromatic N) is 1. The van der Waals surface area contributed by atoms with Crippen molar-refractivity contribution in [3.8, 4) is 5.75 Å². The normalized spacial score (nSPS) is 12.8. The first kappa shape index (κ1) is 24.1. The number of nitrogens with one attached hydrogen (secondary N) is 3. The molecule has 1 aliphatic heterocycles. The molecule has 7 nitrogen and oxygen atoms in total. The van der Waals surface area contributed by atoms with E-state index >= 15 is 0 Å². The number of urea groups is 1. The SMILES string of the molecule is COc1cccc(CNC(=O)c2ccc(N3CCCC3)c(NC(=O)Nc3cc(C)cc(C)c3)c2)c1. The van der Waals surface area contributed by atoms with Crippen LogP contribution in [-0.4, -0.2) is 32.1 Å². The van der Waals surface area contributed by atoms with Gasteiger partial charge in [-0.25, -0.2) is 4.79 Å². The molecule has 0 radical (unpaired) electrons. The zero-order valence-electron chi connectivity index (χ0n) is 20.5. The van der Waals surface area contributed by atoms with Gasteiger partial charge >= 0.3 is 6.03 Å². The summed E-state index contributed by atoms with van der Waals surface area (Å²) < 4.78 is 5.25. The van der Waals surface area contributed by atoms with E-state index in [1.54, 1.807) is 13.2 Å². The highest BCUT2D eigenvalue weighted by atomic mass is 16.5. The Bertz CT molecular complexity index is 1200. The van der Waals surface area contributed by atoms with Gasteiger partial charge in [-0.2, -0.15) is 0 Å². The minimum Gasteiger partial charge on any atom is -0.497 e. The first-order valence-electron chi connectivity index (χ1n) is 11.9. The van der Waals surface area contributed by atoms with Crippen molar-refractivity contribution in [2.24, 2.45) is 0 Å². The third-order valence-corrected chi connectivity index (χ3v) is 6.02. The third kappa shape index (κ3) is 6.32. The van der Waals surface area contributed by atoms with E-state index < -0.39 is 0 Å². The molecule has 0 aromatic heterocycles. The molecule has 1 heterocycles. The highest BCUT2D eigenvalue weighted by Crippen LogP contribution is 2.30. The molecule has 0 spiro atoms. The predicted octanol–water partition coefficient (Wildman–Crippen LogP) is 5.49. The fraction of sp³-hybridized carbons (Fsp3) is 0.286. The molecule has 0 bridgehead atoms. The number of rotatable bonds is 7. The van der Waals surface area contributed by atoms with Gasteiger partial charge in [0.05, 0.1) is 18.5 Å². The van der Waals surface area contributed by atoms with Crippen molar-refractivity contribution in [2.75, 3.05) is 35.7 Å². The molecule has 0 unspecified atom stereocenters. The van der Waals surface area contributed by atoms with Crippen LogP contribution in [0.1, 0.15) is 39.9 Å². The van der Waals surface area contributed by atoms with Crippen molar-refractivity contribution in [1.82, 2.24) is 5.32 Å². The maximum atomic E-state index is 12.9. The Morgan fingerprint density at radius 1 is 0.914 bits per heavy atom. The van der Waals surface area contributed by atoms with Crippen LogP contribution in [-0.2, 0) is 6.54 Å². The molecule has 3 aromatic carbocycles. The van der Waals surface area contributed by atoms with E-state index in [0.29, 0.717) is 17.8 Å². The molecule has 1 aliphatic rings. The summed E-state index contributed by atoms with van der Waals surface area (Å²) >= 11 is 0. The zero-order chi connectivity index (χ0) is 24.8. The van der Waals surface area contributed by atoms with Gasteiger partial charge in [-0.1, -0.05) is 18.2 Å². The molecule has 3 N–H and O–H groups in total. The van der Waals surface area contributed by atoms with Crippen LogP contribution < -0.4 is 25.6 Å². The maximum Gasteiger partial charge on any atom is 0.323 e. The van der Waals surface area contributed by atoms with Crippen molar-refractivity contribution in [1.29, 1.82) is 0 Å². The Morgan fingerprint density at radius 3 is 2.37 bits per heavy atom. The van der Waals surface area contributed by atoms with Gasteiger partial charge in [0.1, 0.15) is 5.75 Å². The molecule has 3 aromatic rings. The quantitative estimate of drug-likeness (QED) is 0.425. The highest BCUT2D eigenvalue weighted by Gasteiger charge is 2.19. The summed E-state index contributed by atoms with van der Waals surface area (Å²) in [5.41, 5.74) is 5.84. The average molecular weight is 473 g/mol. The lowest BCUT2D eigenvalue weighted by Gasteiger charge is -2.22. The molecular weight excluding hydrogens is 440 g/mol. The average Bonchev–Trinajstić information content (AvgIpc) is 3.36. The van der Waals surface area contributed by atoms with Crippen LogP contribution in [0.2, 0.25) is 0 Å². The standard InChI is InChI=1S/C28H32N4O3/c1-19-13-20(2)15-23(14-19)30-28(34)31-25-17-22(9-10-26(25)32-11-4-5-12-32)27(33)29-18-21-7-6-8-24(16-21)35-3/h6-10,13-17H,4-5,11-12,18H2,1-3H3,(H,29,33)(H2,30,31,34). The van der Waals surface area contributed by atoms with Gasteiger partial charge in [0.15, 0.2) is 0 Å². The van der Waals surface area contributed by atoms with Crippen molar-refractivity contribution < 1.29 is 14.3 Å². The number of methoxy groups -OCH3 is 1. The monoisotopic (exact) mass is 472 g/mol. The minimum atomic E-state index is -0.343. The van der Waals surface area contributed by atoms with Gasteiger partial charge in [-0.3, -0.25) is 4.79 Å². The molecule has 4 rings (SSSR count). The van der Waals surface area contributed by atoms with Gasteiger partial charge < -0.3 is 25.6 Å². The Kier molecular flexibility index (Phi) is 7.55. The number of anilines is 3. The smallest absolute Gasteiger partial charge is 0.323 e. The summed E-state index contributed by atoms with van der Waals surface area (Å²) in [5, 5.41) is 8.84. The van der Waals surface area contributed by atoms with Gasteiger partial charge in [-0.15, -0.1) is 0 Å². The first-order chi connectivity index (χ1) is 16.9. The van der Waals surface area contributed by atoms with Crippen LogP contribution in [0.4, 0.5) is 21.9 Å². The molecule has 0 aliphatic carbocycles. The fourth-order valence-corrected chi connectivity index (χ4v) is 4.41. The number of amides is 3. The summed E-state index contributed by atoms with van der Waals surface area (Å²) in [6.45, 7) is 6.22. The number of carbonyl (C=O) groups is 2. The molecule has 0 saturated carbocycles. The molecule has 35 heavy (non-hydrogen) atoms. The maximum absolute atomic E-state index is 12.9. The van der Waals surface area contributed by atoms with Crippen LogP contribution >= 0.6 is 0 Å². The van der Waals surface area contributed by atoms with Crippen LogP contribution in [0.25, 0.3) is 0 Å². The van der Waals surface area contributed by atoms with Gasteiger partial charge in [-0.05, 0) is 85.8 Å². The lowest BCUT2D eigenvalue weighted by molar-refractivity contribution is 0.0951. The van der Waals surface area contributed by atoms with Crippen LogP contribution in [0.3, 0.4) is 0 Å². The molecule has 3 amide bonds. The Labute approximate surface area is 206 Å². The largest absolute Gasteiger partial charge is 0.497 e. The Balaban J connectivity index is 1.51. The van der Waals surface area contributed by atoms with Gasteiger partial charge in [0.2, 0.25) is 0 Å². The van der Waals surface area contributed by atoms with E-state index in [1.165, 1.54) is 0 Å².